The number of halogens is 2. The smallest absolute Gasteiger partial charge is 0.350 e. The van der Waals surface area contributed by atoms with Crippen molar-refractivity contribution in [2.75, 3.05) is 24.5 Å². The molecule has 6 rings (SSSR count). The quantitative estimate of drug-likeness (QED) is 0.176. The highest BCUT2D eigenvalue weighted by molar-refractivity contribution is 7.99. The van der Waals surface area contributed by atoms with E-state index >= 15 is 8.78 Å². The summed E-state index contributed by atoms with van der Waals surface area (Å²) in [6.07, 6.45) is 2.95. The zero-order valence-corrected chi connectivity index (χ0v) is 27.4. The van der Waals surface area contributed by atoms with Crippen LogP contribution in [0.1, 0.15) is 37.9 Å². The normalized spacial score (nSPS) is 15.0. The molecule has 0 aliphatic carbocycles. The van der Waals surface area contributed by atoms with Gasteiger partial charge in [0, 0.05) is 41.7 Å². The highest BCUT2D eigenvalue weighted by atomic mass is 32.2. The van der Waals surface area contributed by atoms with Crippen LogP contribution in [0.4, 0.5) is 14.6 Å². The monoisotopic (exact) mass is 652 g/mol. The first-order valence-corrected chi connectivity index (χ1v) is 16.2. The topological polar surface area (TPSA) is 84.2 Å². The number of pyridine rings is 2. The van der Waals surface area contributed by atoms with Crippen molar-refractivity contribution in [2.24, 2.45) is 0 Å². The van der Waals surface area contributed by atoms with Gasteiger partial charge in [-0.1, -0.05) is 56.5 Å². The zero-order chi connectivity index (χ0) is 33.4. The lowest BCUT2D eigenvalue weighted by atomic mass is 10.0. The van der Waals surface area contributed by atoms with Crippen LogP contribution in [-0.4, -0.2) is 56.0 Å². The number of hydrogen-bond acceptors (Lipinski definition) is 7. The Hall–Kier alpha value is -4.90. The van der Waals surface area contributed by atoms with E-state index in [1.54, 1.807) is 29.3 Å². The first kappa shape index (κ1) is 32.1. The summed E-state index contributed by atoms with van der Waals surface area (Å²) in [5.41, 5.74) is 1.18. The number of amides is 1. The summed E-state index contributed by atoms with van der Waals surface area (Å²) in [6.45, 7) is 12.4. The molecule has 0 spiro atoms. The summed E-state index contributed by atoms with van der Waals surface area (Å²) in [5, 5.41) is 0.285. The van der Waals surface area contributed by atoms with Crippen LogP contribution >= 0.6 is 11.8 Å². The number of carbonyl (C=O) groups excluding carboxylic acids is 1. The maximum Gasteiger partial charge on any atom is 0.355 e. The maximum atomic E-state index is 16.4. The van der Waals surface area contributed by atoms with E-state index in [-0.39, 0.29) is 46.0 Å². The van der Waals surface area contributed by atoms with Gasteiger partial charge in [0.15, 0.2) is 11.5 Å². The van der Waals surface area contributed by atoms with E-state index in [1.165, 1.54) is 34.5 Å². The second-order valence-electron chi connectivity index (χ2n) is 11.8. The second kappa shape index (κ2) is 13.1. The Morgan fingerprint density at radius 3 is 2.51 bits per heavy atom. The number of piperazine rings is 1. The van der Waals surface area contributed by atoms with Crippen LogP contribution in [-0.2, 0) is 4.79 Å². The van der Waals surface area contributed by atoms with Crippen LogP contribution in [0.5, 0.6) is 0 Å². The molecule has 0 N–H and O–H groups in total. The molecule has 5 aromatic rings. The Bertz CT molecular complexity index is 2070. The fourth-order valence-electron chi connectivity index (χ4n) is 6.02. The van der Waals surface area contributed by atoms with E-state index in [4.69, 9.17) is 4.98 Å². The Morgan fingerprint density at radius 2 is 1.81 bits per heavy atom. The van der Waals surface area contributed by atoms with Crippen molar-refractivity contribution in [3.63, 3.8) is 0 Å². The average molecular weight is 653 g/mol. The van der Waals surface area contributed by atoms with Crippen molar-refractivity contribution in [3.05, 3.63) is 113 Å². The number of benzene rings is 2. The molecule has 47 heavy (non-hydrogen) atoms. The molecule has 1 fully saturated rings. The highest BCUT2D eigenvalue weighted by Crippen LogP contribution is 2.40. The molecule has 240 valence electrons. The van der Waals surface area contributed by atoms with Gasteiger partial charge in [0.1, 0.15) is 17.3 Å². The number of carbonyl (C=O) groups is 1. The van der Waals surface area contributed by atoms with Gasteiger partial charge in [0.25, 0.3) is 0 Å². The van der Waals surface area contributed by atoms with Gasteiger partial charge in [0.2, 0.25) is 5.91 Å². The summed E-state index contributed by atoms with van der Waals surface area (Å²) in [7, 11) is 0. The van der Waals surface area contributed by atoms with Gasteiger partial charge in [0.05, 0.1) is 22.3 Å². The van der Waals surface area contributed by atoms with Gasteiger partial charge in [-0.2, -0.15) is 4.98 Å². The maximum absolute atomic E-state index is 16.4. The molecule has 0 radical (unpaired) electrons. The van der Waals surface area contributed by atoms with Gasteiger partial charge in [-0.25, -0.2) is 23.1 Å². The predicted molar refractivity (Wildman–Crippen MR) is 181 cm³/mol. The van der Waals surface area contributed by atoms with Crippen LogP contribution in [0.25, 0.3) is 28.0 Å². The summed E-state index contributed by atoms with van der Waals surface area (Å²) < 4.78 is 33.6. The lowest BCUT2D eigenvalue weighted by molar-refractivity contribution is -0.126. The molecule has 11 heteroatoms. The van der Waals surface area contributed by atoms with Gasteiger partial charge in [-0.15, -0.1) is 0 Å². The number of nitrogens with zero attached hydrogens (tertiary/aromatic N) is 6. The molecule has 1 aliphatic rings. The predicted octanol–water partition coefficient (Wildman–Crippen LogP) is 6.93. The van der Waals surface area contributed by atoms with Gasteiger partial charge in [-0.05, 0) is 67.8 Å². The molecule has 0 saturated carbocycles. The van der Waals surface area contributed by atoms with E-state index < -0.39 is 17.3 Å². The minimum Gasteiger partial charge on any atom is -0.350 e. The van der Waals surface area contributed by atoms with Crippen LogP contribution in [0.15, 0.2) is 94.1 Å². The summed E-state index contributed by atoms with van der Waals surface area (Å²) in [5.74, 6) is -1.41. The van der Waals surface area contributed by atoms with E-state index in [0.29, 0.717) is 35.9 Å². The molecule has 1 atom stereocenters. The first-order chi connectivity index (χ1) is 22.6. The summed E-state index contributed by atoms with van der Waals surface area (Å²) in [4.78, 5) is 45.3. The third-order valence-electron chi connectivity index (χ3n) is 8.30. The van der Waals surface area contributed by atoms with Gasteiger partial charge in [-0.3, -0.25) is 9.78 Å². The Labute approximate surface area is 275 Å². The minimum atomic E-state index is -0.758. The van der Waals surface area contributed by atoms with E-state index in [1.807, 2.05) is 62.9 Å². The van der Waals surface area contributed by atoms with Gasteiger partial charge < -0.3 is 9.80 Å². The lowest BCUT2D eigenvalue weighted by Gasteiger charge is -2.40. The van der Waals surface area contributed by atoms with Crippen molar-refractivity contribution < 1.29 is 13.6 Å². The number of anilines is 1. The molecule has 8 nitrogen and oxygen atoms in total. The minimum absolute atomic E-state index is 0.00461. The largest absolute Gasteiger partial charge is 0.355 e. The standard InChI is InChI=1S/C36H34F2N6O2S/c1-6-29(45)42-17-18-43(23(5)20-42)34-25-19-27(38)32(30-26(37)13-10-14-28(30)47-24-11-8-7-9-12-24)40-35(25)44(36(46)41-34)33-22(4)15-16-39-31(33)21(2)3/h6-16,19,21,23H,1,17-18,20H2,2-5H3/t23-/m0/s1. The van der Waals surface area contributed by atoms with Crippen molar-refractivity contribution in [1.82, 2.24) is 24.4 Å². The van der Waals surface area contributed by atoms with Crippen LogP contribution in [0.3, 0.4) is 0 Å². The van der Waals surface area contributed by atoms with Crippen LogP contribution < -0.4 is 10.6 Å². The Balaban J connectivity index is 1.63. The molecule has 1 aliphatic heterocycles. The van der Waals surface area contributed by atoms with Crippen molar-refractivity contribution in [3.8, 4) is 16.9 Å². The number of fused-ring (bicyclic) bond motifs is 1. The third kappa shape index (κ3) is 6.03. The van der Waals surface area contributed by atoms with E-state index in [9.17, 15) is 9.59 Å². The molecule has 3 aromatic heterocycles. The highest BCUT2D eigenvalue weighted by Gasteiger charge is 2.31. The van der Waals surface area contributed by atoms with Crippen LogP contribution in [0, 0.1) is 18.6 Å². The molecule has 1 saturated heterocycles. The molecular weight excluding hydrogens is 618 g/mol. The lowest BCUT2D eigenvalue weighted by Crippen LogP contribution is -2.54. The fourth-order valence-corrected chi connectivity index (χ4v) is 7.01. The summed E-state index contributed by atoms with van der Waals surface area (Å²) >= 11 is 1.30. The van der Waals surface area contributed by atoms with E-state index in [2.05, 4.69) is 16.5 Å². The first-order valence-electron chi connectivity index (χ1n) is 15.4. The molecule has 4 heterocycles. The number of hydrogen-bond donors (Lipinski definition) is 0. The number of aryl methyl sites for hydroxylation is 1. The molecular formula is C36H34F2N6O2S. The van der Waals surface area contributed by atoms with Crippen molar-refractivity contribution in [1.29, 1.82) is 0 Å². The third-order valence-corrected chi connectivity index (χ3v) is 9.36. The fraction of sp³-hybridized carbons (Fsp3) is 0.250. The second-order valence-corrected chi connectivity index (χ2v) is 12.9. The Kier molecular flexibility index (Phi) is 8.92. The summed E-state index contributed by atoms with van der Waals surface area (Å²) in [6, 6.07) is 16.8. The van der Waals surface area contributed by atoms with Crippen molar-refractivity contribution in [2.45, 2.75) is 49.4 Å². The molecule has 0 unspecified atom stereocenters. The molecule has 1 amide bonds. The Morgan fingerprint density at radius 1 is 1.04 bits per heavy atom. The van der Waals surface area contributed by atoms with Crippen molar-refractivity contribution >= 4 is 34.5 Å². The zero-order valence-electron chi connectivity index (χ0n) is 26.6. The SMILES string of the molecule is C=CC(=O)N1CCN(c2nc(=O)n(-c3c(C)ccnc3C(C)C)c3nc(-c4c(F)cccc4Sc4ccccc4)c(F)cc23)[C@@H](C)C1. The number of aromatic nitrogens is 4. The molecule has 0 bridgehead atoms. The van der Waals surface area contributed by atoms with Crippen LogP contribution in [0.2, 0.25) is 0 Å². The molecule has 2 aromatic carbocycles. The number of rotatable bonds is 7. The van der Waals surface area contributed by atoms with E-state index in [0.717, 1.165) is 10.5 Å². The average Bonchev–Trinajstić information content (AvgIpc) is 3.05. The van der Waals surface area contributed by atoms with Gasteiger partial charge >= 0.3 is 5.69 Å².